The molecule has 1 aliphatic rings. The highest BCUT2D eigenvalue weighted by molar-refractivity contribution is 7.09. The van der Waals surface area contributed by atoms with Crippen LogP contribution in [0, 0.1) is 11.8 Å². The molecular formula is C20H28N4O2S. The van der Waals surface area contributed by atoms with Crippen LogP contribution < -0.4 is 15.0 Å². The number of piperidine rings is 1. The lowest BCUT2D eigenvalue weighted by molar-refractivity contribution is -0.124. The van der Waals surface area contributed by atoms with Crippen LogP contribution in [0.2, 0.25) is 0 Å². The summed E-state index contributed by atoms with van der Waals surface area (Å²) in [5, 5.41) is 4.05. The highest BCUT2D eigenvalue weighted by atomic mass is 32.1. The van der Waals surface area contributed by atoms with E-state index in [9.17, 15) is 4.79 Å². The van der Waals surface area contributed by atoms with E-state index in [-0.39, 0.29) is 11.8 Å². The van der Waals surface area contributed by atoms with Crippen LogP contribution in [0.1, 0.15) is 38.1 Å². The molecule has 27 heavy (non-hydrogen) atoms. The first kappa shape index (κ1) is 19.6. The summed E-state index contributed by atoms with van der Waals surface area (Å²) in [7, 11) is 1.68. The van der Waals surface area contributed by atoms with Gasteiger partial charge in [-0.2, -0.15) is 4.37 Å². The molecule has 0 aliphatic carbocycles. The zero-order valence-electron chi connectivity index (χ0n) is 16.3. The van der Waals surface area contributed by atoms with E-state index < -0.39 is 0 Å². The molecule has 146 valence electrons. The zero-order chi connectivity index (χ0) is 19.2. The molecule has 1 aromatic carbocycles. The number of anilines is 1. The van der Waals surface area contributed by atoms with Gasteiger partial charge in [-0.25, -0.2) is 4.98 Å². The molecule has 0 unspecified atom stereocenters. The second kappa shape index (κ2) is 9.17. The third-order valence-corrected chi connectivity index (χ3v) is 5.74. The van der Waals surface area contributed by atoms with E-state index in [1.807, 2.05) is 32.0 Å². The highest BCUT2D eigenvalue weighted by Gasteiger charge is 2.22. The summed E-state index contributed by atoms with van der Waals surface area (Å²) in [6.07, 6.45) is 2.86. The second-order valence-electron chi connectivity index (χ2n) is 7.35. The van der Waals surface area contributed by atoms with Gasteiger partial charge in [-0.1, -0.05) is 26.0 Å². The molecule has 1 amide bonds. The summed E-state index contributed by atoms with van der Waals surface area (Å²) in [5.41, 5.74) is 1.15. The van der Waals surface area contributed by atoms with Crippen LogP contribution in [-0.4, -0.2) is 42.0 Å². The Balaban J connectivity index is 1.50. The molecule has 1 aliphatic heterocycles. The Labute approximate surface area is 165 Å². The topological polar surface area (TPSA) is 67.3 Å². The molecule has 2 heterocycles. The molecule has 1 N–H and O–H groups in total. The van der Waals surface area contributed by atoms with E-state index in [0.29, 0.717) is 12.3 Å². The molecule has 6 nitrogen and oxygen atoms in total. The van der Waals surface area contributed by atoms with Crippen LogP contribution in [0.5, 0.6) is 5.75 Å². The third-order valence-electron chi connectivity index (χ3n) is 4.93. The van der Waals surface area contributed by atoms with E-state index in [1.54, 1.807) is 7.11 Å². The predicted molar refractivity (Wildman–Crippen MR) is 108 cm³/mol. The van der Waals surface area contributed by atoms with Crippen LogP contribution in [0.15, 0.2) is 24.3 Å². The maximum atomic E-state index is 11.7. The Morgan fingerprint density at radius 1 is 1.37 bits per heavy atom. The van der Waals surface area contributed by atoms with E-state index in [2.05, 4.69) is 20.7 Å². The molecule has 1 fully saturated rings. The van der Waals surface area contributed by atoms with Crippen molar-refractivity contribution in [2.75, 3.05) is 31.6 Å². The molecule has 0 spiro atoms. The van der Waals surface area contributed by atoms with Crippen molar-refractivity contribution in [3.8, 4) is 5.75 Å². The fraction of sp³-hybridized carbons (Fsp3) is 0.550. The highest BCUT2D eigenvalue weighted by Crippen LogP contribution is 2.25. The molecule has 1 aromatic heterocycles. The fourth-order valence-electron chi connectivity index (χ4n) is 3.19. The van der Waals surface area contributed by atoms with Gasteiger partial charge in [-0.3, -0.25) is 4.79 Å². The predicted octanol–water partition coefficient (Wildman–Crippen LogP) is 3.13. The maximum absolute atomic E-state index is 11.7. The summed E-state index contributed by atoms with van der Waals surface area (Å²) < 4.78 is 9.81. The van der Waals surface area contributed by atoms with Gasteiger partial charge in [-0.15, -0.1) is 0 Å². The van der Waals surface area contributed by atoms with Gasteiger partial charge in [-0.05, 0) is 36.5 Å². The minimum atomic E-state index is 0.0504. The summed E-state index contributed by atoms with van der Waals surface area (Å²) in [6, 6.07) is 8.03. The van der Waals surface area contributed by atoms with Gasteiger partial charge in [0, 0.05) is 43.5 Å². The monoisotopic (exact) mass is 388 g/mol. The van der Waals surface area contributed by atoms with Crippen molar-refractivity contribution in [2.24, 2.45) is 11.8 Å². The van der Waals surface area contributed by atoms with E-state index in [0.717, 1.165) is 54.7 Å². The average molecular weight is 389 g/mol. The largest absolute Gasteiger partial charge is 0.497 e. The Morgan fingerprint density at radius 3 is 2.85 bits per heavy atom. The van der Waals surface area contributed by atoms with E-state index >= 15 is 0 Å². The van der Waals surface area contributed by atoms with Crippen molar-refractivity contribution in [2.45, 2.75) is 33.1 Å². The number of carbonyl (C=O) groups excluding carboxylic acids is 1. The van der Waals surface area contributed by atoms with Crippen LogP contribution in [0.25, 0.3) is 0 Å². The molecule has 7 heteroatoms. The van der Waals surface area contributed by atoms with Gasteiger partial charge in [0.25, 0.3) is 0 Å². The normalized spacial score (nSPS) is 15.2. The number of methoxy groups -OCH3 is 1. The van der Waals surface area contributed by atoms with Crippen molar-refractivity contribution in [1.29, 1.82) is 0 Å². The van der Waals surface area contributed by atoms with Crippen LogP contribution >= 0.6 is 11.5 Å². The maximum Gasteiger partial charge on any atom is 0.222 e. The number of carbonyl (C=O) groups is 1. The van der Waals surface area contributed by atoms with Gasteiger partial charge < -0.3 is 15.0 Å². The summed E-state index contributed by atoms with van der Waals surface area (Å²) in [4.78, 5) is 18.8. The molecule has 2 aromatic rings. The lowest BCUT2D eigenvalue weighted by atomic mass is 9.97. The molecule has 0 radical (unpaired) electrons. The van der Waals surface area contributed by atoms with Crippen LogP contribution in [0.4, 0.5) is 5.13 Å². The number of nitrogens with zero attached hydrogens (tertiary/aromatic N) is 3. The molecule has 0 bridgehead atoms. The second-order valence-corrected chi connectivity index (χ2v) is 8.08. The summed E-state index contributed by atoms with van der Waals surface area (Å²) in [5.74, 6) is 2.45. The van der Waals surface area contributed by atoms with Gasteiger partial charge in [0.2, 0.25) is 11.0 Å². The van der Waals surface area contributed by atoms with E-state index in [4.69, 9.17) is 9.72 Å². The van der Waals surface area contributed by atoms with E-state index in [1.165, 1.54) is 11.5 Å². The number of amides is 1. The van der Waals surface area contributed by atoms with Gasteiger partial charge in [0.1, 0.15) is 11.6 Å². The quantitative estimate of drug-likeness (QED) is 0.789. The van der Waals surface area contributed by atoms with Crippen molar-refractivity contribution < 1.29 is 9.53 Å². The third kappa shape index (κ3) is 5.42. The molecule has 1 saturated heterocycles. The number of hydrogen-bond acceptors (Lipinski definition) is 6. The lowest BCUT2D eigenvalue weighted by Gasteiger charge is -2.31. The number of nitrogens with one attached hydrogen (secondary N) is 1. The molecule has 3 rings (SSSR count). The van der Waals surface area contributed by atoms with Crippen LogP contribution in [0.3, 0.4) is 0 Å². The molecule has 0 atom stereocenters. The minimum Gasteiger partial charge on any atom is -0.497 e. The number of hydrogen-bond donors (Lipinski definition) is 1. The van der Waals surface area contributed by atoms with Gasteiger partial charge >= 0.3 is 0 Å². The SMILES string of the molecule is COc1cccc(Cc2nsc(N3CCC(CNC(=O)C(C)C)CC3)n2)c1. The van der Waals surface area contributed by atoms with Crippen molar-refractivity contribution in [3.63, 3.8) is 0 Å². The summed E-state index contributed by atoms with van der Waals surface area (Å²) in [6.45, 7) is 6.57. The number of benzene rings is 1. The first-order valence-electron chi connectivity index (χ1n) is 9.53. The zero-order valence-corrected chi connectivity index (χ0v) is 17.1. The standard InChI is InChI=1S/C20H28N4O2S/c1-14(2)19(25)21-13-15-7-9-24(10-8-15)20-22-18(23-27-20)12-16-5-4-6-17(11-16)26-3/h4-6,11,14-15H,7-10,12-13H2,1-3H3,(H,21,25). The van der Waals surface area contributed by atoms with Crippen molar-refractivity contribution in [1.82, 2.24) is 14.7 Å². The number of aromatic nitrogens is 2. The Morgan fingerprint density at radius 2 is 2.15 bits per heavy atom. The average Bonchev–Trinajstić information content (AvgIpc) is 3.15. The number of ether oxygens (including phenoxy) is 1. The Hall–Kier alpha value is -2.15. The van der Waals surface area contributed by atoms with Crippen molar-refractivity contribution >= 4 is 22.6 Å². The minimum absolute atomic E-state index is 0.0504. The van der Waals surface area contributed by atoms with Gasteiger partial charge in [0.15, 0.2) is 0 Å². The number of rotatable bonds is 7. The van der Waals surface area contributed by atoms with Crippen LogP contribution in [-0.2, 0) is 11.2 Å². The van der Waals surface area contributed by atoms with Crippen molar-refractivity contribution in [3.05, 3.63) is 35.7 Å². The smallest absolute Gasteiger partial charge is 0.222 e. The van der Waals surface area contributed by atoms with Gasteiger partial charge in [0.05, 0.1) is 7.11 Å². The first-order chi connectivity index (χ1) is 13.0. The Bertz CT molecular complexity index is 754. The first-order valence-corrected chi connectivity index (χ1v) is 10.3. The lowest BCUT2D eigenvalue weighted by Crippen LogP contribution is -2.39. The summed E-state index contributed by atoms with van der Waals surface area (Å²) >= 11 is 1.47. The molecule has 0 saturated carbocycles. The Kier molecular flexibility index (Phi) is 6.66. The molecular weight excluding hydrogens is 360 g/mol. The fourth-order valence-corrected chi connectivity index (χ4v) is 3.92.